The summed E-state index contributed by atoms with van der Waals surface area (Å²) in [6.45, 7) is 7.25. The van der Waals surface area contributed by atoms with E-state index in [-0.39, 0.29) is 41.9 Å². The van der Waals surface area contributed by atoms with Gasteiger partial charge in [-0.3, -0.25) is 14.4 Å². The topological polar surface area (TPSA) is 105 Å². The molecule has 2 aliphatic rings. The zero-order valence-electron chi connectivity index (χ0n) is 21.7. The monoisotopic (exact) mass is 522 g/mol. The molecule has 1 atom stereocenters. The van der Waals surface area contributed by atoms with Crippen molar-refractivity contribution in [2.75, 3.05) is 19.5 Å². The van der Waals surface area contributed by atoms with Crippen LogP contribution in [-0.2, 0) is 16.1 Å². The lowest BCUT2D eigenvalue weighted by atomic mass is 9.75. The van der Waals surface area contributed by atoms with Crippen LogP contribution in [-0.4, -0.2) is 46.9 Å². The van der Waals surface area contributed by atoms with Crippen LogP contribution in [0.3, 0.4) is 0 Å². The molecule has 2 amide bonds. The Morgan fingerprint density at radius 3 is 2.62 bits per heavy atom. The second-order valence-corrected chi connectivity index (χ2v) is 11.1. The minimum absolute atomic E-state index is 0.00401. The number of aryl methyl sites for hydroxylation is 1. The maximum Gasteiger partial charge on any atom is 0.254 e. The van der Waals surface area contributed by atoms with Gasteiger partial charge in [0, 0.05) is 51.4 Å². The first kappa shape index (κ1) is 25.6. The third-order valence-corrected chi connectivity index (χ3v) is 8.68. The van der Waals surface area contributed by atoms with Gasteiger partial charge < -0.3 is 24.9 Å². The molecule has 3 heterocycles. The van der Waals surface area contributed by atoms with Crippen LogP contribution < -0.4 is 16.2 Å². The number of aromatic nitrogens is 2. The van der Waals surface area contributed by atoms with E-state index in [1.165, 1.54) is 11.8 Å². The zero-order chi connectivity index (χ0) is 26.3. The Morgan fingerprint density at radius 2 is 1.95 bits per heavy atom. The smallest absolute Gasteiger partial charge is 0.254 e. The molecule has 8 nitrogen and oxygen atoms in total. The molecule has 1 aromatic carbocycles. The fraction of sp³-hybridized carbons (Fsp3) is 0.464. The number of hydrogen-bond acceptors (Lipinski definition) is 5. The number of carbonyl (C=O) groups excluding carboxylic acids is 2. The van der Waals surface area contributed by atoms with Gasteiger partial charge in [-0.25, -0.2) is 0 Å². The van der Waals surface area contributed by atoms with Gasteiger partial charge in [0.15, 0.2) is 0 Å². The maximum absolute atomic E-state index is 13.5. The summed E-state index contributed by atoms with van der Waals surface area (Å²) in [4.78, 5) is 42.0. The number of nitrogens with one attached hydrogen (secondary N) is 3. The Hall–Kier alpha value is -3.04. The average Bonchev–Trinajstić information content (AvgIpc) is 3.10. The number of aromatic amines is 1. The van der Waals surface area contributed by atoms with E-state index in [1.54, 1.807) is 0 Å². The number of benzene rings is 1. The van der Waals surface area contributed by atoms with Gasteiger partial charge in [-0.1, -0.05) is 18.2 Å². The van der Waals surface area contributed by atoms with E-state index in [0.29, 0.717) is 30.3 Å². The molecule has 2 aromatic heterocycles. The van der Waals surface area contributed by atoms with E-state index in [0.717, 1.165) is 40.0 Å². The van der Waals surface area contributed by atoms with Crippen LogP contribution in [0, 0.1) is 25.7 Å². The highest BCUT2D eigenvalue weighted by Crippen LogP contribution is 2.40. The minimum Gasteiger partial charge on any atom is -0.380 e. The lowest BCUT2D eigenvalue weighted by molar-refractivity contribution is -0.140. The number of H-pyrrole nitrogens is 1. The summed E-state index contributed by atoms with van der Waals surface area (Å²) in [5.41, 5.74) is 3.77. The fourth-order valence-electron chi connectivity index (χ4n) is 5.59. The van der Waals surface area contributed by atoms with Crippen LogP contribution in [0.5, 0.6) is 0 Å². The molecule has 1 saturated heterocycles. The largest absolute Gasteiger partial charge is 0.380 e. The van der Waals surface area contributed by atoms with Crippen molar-refractivity contribution in [3.05, 3.63) is 63.2 Å². The Morgan fingerprint density at radius 1 is 1.22 bits per heavy atom. The first-order valence-corrected chi connectivity index (χ1v) is 14.0. The van der Waals surface area contributed by atoms with Gasteiger partial charge in [-0.15, -0.1) is 11.8 Å². The molecule has 3 aromatic rings. The summed E-state index contributed by atoms with van der Waals surface area (Å²) in [6.07, 6.45) is 3.76. The number of pyridine rings is 1. The first-order chi connectivity index (χ1) is 17.8. The van der Waals surface area contributed by atoms with Crippen LogP contribution in [0.2, 0.25) is 0 Å². The fourth-order valence-corrected chi connectivity index (χ4v) is 6.29. The van der Waals surface area contributed by atoms with E-state index in [9.17, 15) is 14.4 Å². The highest BCUT2D eigenvalue weighted by molar-refractivity contribution is 7.98. The van der Waals surface area contributed by atoms with Crippen LogP contribution in [0.25, 0.3) is 10.9 Å². The van der Waals surface area contributed by atoms with Crippen molar-refractivity contribution in [2.24, 2.45) is 11.8 Å². The molecule has 3 N–H and O–H groups in total. The summed E-state index contributed by atoms with van der Waals surface area (Å²) in [5, 5.41) is 7.06. The number of thioether (sulfide) groups is 1. The third-order valence-electron chi connectivity index (χ3n) is 7.88. The van der Waals surface area contributed by atoms with Gasteiger partial charge in [-0.2, -0.15) is 0 Å². The normalized spacial score (nSPS) is 20.2. The molecule has 5 rings (SSSR count). The van der Waals surface area contributed by atoms with Crippen molar-refractivity contribution < 1.29 is 14.3 Å². The zero-order valence-corrected chi connectivity index (χ0v) is 22.5. The van der Waals surface area contributed by atoms with Gasteiger partial charge in [0.25, 0.3) is 11.5 Å². The number of ether oxygens (including phenoxy) is 1. The van der Waals surface area contributed by atoms with E-state index in [1.807, 2.05) is 44.4 Å². The summed E-state index contributed by atoms with van der Waals surface area (Å²) >= 11 is 1.50. The van der Waals surface area contributed by atoms with Crippen LogP contribution >= 0.6 is 11.8 Å². The van der Waals surface area contributed by atoms with Crippen molar-refractivity contribution in [1.29, 1.82) is 0 Å². The molecular formula is C28H34N4O4S. The number of fused-ring (bicyclic) bond motifs is 1. The molecule has 0 radical (unpaired) electrons. The van der Waals surface area contributed by atoms with E-state index in [4.69, 9.17) is 4.74 Å². The second kappa shape index (κ2) is 10.4. The Bertz CT molecular complexity index is 1400. The Labute approximate surface area is 220 Å². The number of carbonyl (C=O) groups is 2. The van der Waals surface area contributed by atoms with Crippen molar-refractivity contribution in [3.63, 3.8) is 0 Å². The standard InChI is InChI=1S/C28H34N4O4S/c1-15-9-24(37-4)22(27(34)30-15)12-29-28(35)25-17(3)32(23-8-6-5-7-21(23)25)16(2)18-10-20(11-18)31-26(33)19-13-36-14-19/h5-9,16,18-20H,10-14H2,1-4H3,(H,29,35)(H,30,34)(H,31,33)/t16-,18?,20?/m1/s1. The number of para-hydroxylation sites is 1. The van der Waals surface area contributed by atoms with Crippen LogP contribution in [0.4, 0.5) is 0 Å². The Balaban J connectivity index is 1.34. The van der Waals surface area contributed by atoms with Gasteiger partial charge in [0.2, 0.25) is 5.91 Å². The summed E-state index contributed by atoms with van der Waals surface area (Å²) in [5.74, 6) is 0.313. The van der Waals surface area contributed by atoms with Gasteiger partial charge >= 0.3 is 0 Å². The molecular weight excluding hydrogens is 488 g/mol. The maximum atomic E-state index is 13.5. The molecule has 0 unspecified atom stereocenters. The number of nitrogens with zero attached hydrogens (tertiary/aromatic N) is 1. The molecule has 2 fully saturated rings. The van der Waals surface area contributed by atoms with Crippen molar-refractivity contribution in [3.8, 4) is 0 Å². The lowest BCUT2D eigenvalue weighted by Crippen LogP contribution is -2.51. The molecule has 9 heteroatoms. The summed E-state index contributed by atoms with van der Waals surface area (Å²) in [6, 6.07) is 10.3. The van der Waals surface area contributed by atoms with Gasteiger partial charge in [0.1, 0.15) is 0 Å². The second-order valence-electron chi connectivity index (χ2n) is 10.3. The third kappa shape index (κ3) is 4.82. The molecule has 1 saturated carbocycles. The summed E-state index contributed by atoms with van der Waals surface area (Å²) in [7, 11) is 0. The molecule has 0 spiro atoms. The predicted molar refractivity (Wildman–Crippen MR) is 145 cm³/mol. The quantitative estimate of drug-likeness (QED) is 0.391. The molecule has 1 aliphatic heterocycles. The number of rotatable bonds is 8. The SMILES string of the molecule is CSc1cc(C)[nH]c(=O)c1CNC(=O)c1c(C)n([C@H](C)C2CC(NC(=O)C3COC3)C2)c2ccccc12. The van der Waals surface area contributed by atoms with E-state index < -0.39 is 0 Å². The van der Waals surface area contributed by atoms with Crippen molar-refractivity contribution in [2.45, 2.75) is 57.1 Å². The lowest BCUT2D eigenvalue weighted by Gasteiger charge is -2.41. The summed E-state index contributed by atoms with van der Waals surface area (Å²) < 4.78 is 7.39. The number of hydrogen-bond donors (Lipinski definition) is 3. The highest BCUT2D eigenvalue weighted by Gasteiger charge is 2.38. The molecule has 37 heavy (non-hydrogen) atoms. The molecule has 1 aliphatic carbocycles. The molecule has 0 bridgehead atoms. The first-order valence-electron chi connectivity index (χ1n) is 12.8. The number of amides is 2. The van der Waals surface area contributed by atoms with Gasteiger partial charge in [-0.05, 0) is 57.9 Å². The average molecular weight is 523 g/mol. The Kier molecular flexibility index (Phi) is 7.18. The van der Waals surface area contributed by atoms with Crippen LogP contribution in [0.1, 0.15) is 53.1 Å². The molecule has 196 valence electrons. The van der Waals surface area contributed by atoms with E-state index in [2.05, 4.69) is 33.2 Å². The minimum atomic E-state index is -0.187. The van der Waals surface area contributed by atoms with Crippen LogP contribution in [0.15, 0.2) is 40.0 Å². The van der Waals surface area contributed by atoms with Crippen molar-refractivity contribution in [1.82, 2.24) is 20.2 Å². The predicted octanol–water partition coefficient (Wildman–Crippen LogP) is 3.70. The van der Waals surface area contributed by atoms with E-state index >= 15 is 0 Å². The van der Waals surface area contributed by atoms with Crippen molar-refractivity contribution >= 4 is 34.5 Å². The van der Waals surface area contributed by atoms with Gasteiger partial charge in [0.05, 0.1) is 24.7 Å². The highest BCUT2D eigenvalue weighted by atomic mass is 32.2.